The number of rotatable bonds is 2. The lowest BCUT2D eigenvalue weighted by molar-refractivity contribution is 0.0987. The molecule has 2 aromatic rings. The average Bonchev–Trinajstić information content (AvgIpc) is 2.83. The topological polar surface area (TPSA) is 94.0 Å². The van der Waals surface area contributed by atoms with E-state index in [1.165, 1.54) is 0 Å². The van der Waals surface area contributed by atoms with Gasteiger partial charge in [-0.1, -0.05) is 17.0 Å². The number of aromatic nitrogens is 2. The highest BCUT2D eigenvalue weighted by molar-refractivity contribution is 6.01. The summed E-state index contributed by atoms with van der Waals surface area (Å²) in [6, 6.07) is 4.94. The molecule has 0 aromatic carbocycles. The monoisotopic (exact) mass is 256 g/mol. The highest BCUT2D eigenvalue weighted by atomic mass is 16.5. The van der Waals surface area contributed by atoms with Crippen molar-refractivity contribution in [3.05, 3.63) is 41.4 Å². The molecule has 0 aliphatic heterocycles. The van der Waals surface area contributed by atoms with Gasteiger partial charge in [-0.15, -0.1) is 0 Å². The Morgan fingerprint density at radius 1 is 1.53 bits per heavy atom. The molecule has 0 radical (unpaired) electrons. The quantitative estimate of drug-likeness (QED) is 0.780. The highest BCUT2D eigenvalue weighted by Gasteiger charge is 2.12. The van der Waals surface area contributed by atoms with Crippen LogP contribution in [0, 0.1) is 18.8 Å². The number of anilines is 1. The number of aryl methyl sites for hydroxylation is 1. The van der Waals surface area contributed by atoms with Crippen LogP contribution in [-0.4, -0.2) is 22.6 Å². The standard InChI is InChI=1S/C13H12N4O2/c1-9-7-11(19-17-9)13(18)16-12-8-10(3-2-5-14)4-6-15-12/h4,6-8H,5,14H2,1H3,(H,15,16,18). The molecule has 0 saturated carbocycles. The van der Waals surface area contributed by atoms with E-state index >= 15 is 0 Å². The minimum Gasteiger partial charge on any atom is -0.351 e. The van der Waals surface area contributed by atoms with E-state index < -0.39 is 5.91 Å². The van der Waals surface area contributed by atoms with Crippen molar-refractivity contribution in [3.8, 4) is 11.8 Å². The summed E-state index contributed by atoms with van der Waals surface area (Å²) in [5.74, 6) is 5.71. The van der Waals surface area contributed by atoms with Gasteiger partial charge in [0.25, 0.3) is 5.91 Å². The van der Waals surface area contributed by atoms with Gasteiger partial charge >= 0.3 is 0 Å². The van der Waals surface area contributed by atoms with E-state index in [1.807, 2.05) is 0 Å². The zero-order valence-corrected chi connectivity index (χ0v) is 10.3. The Labute approximate surface area is 110 Å². The molecular formula is C13H12N4O2. The number of nitrogens with one attached hydrogen (secondary N) is 1. The van der Waals surface area contributed by atoms with Gasteiger partial charge < -0.3 is 15.6 Å². The highest BCUT2D eigenvalue weighted by Crippen LogP contribution is 2.09. The maximum Gasteiger partial charge on any atom is 0.295 e. The third-order valence-corrected chi connectivity index (χ3v) is 2.19. The van der Waals surface area contributed by atoms with Crippen LogP contribution in [0.3, 0.4) is 0 Å². The molecule has 19 heavy (non-hydrogen) atoms. The van der Waals surface area contributed by atoms with Crippen molar-refractivity contribution < 1.29 is 9.32 Å². The Kier molecular flexibility index (Phi) is 3.90. The summed E-state index contributed by atoms with van der Waals surface area (Å²) in [5, 5.41) is 6.25. The van der Waals surface area contributed by atoms with E-state index in [2.05, 4.69) is 27.3 Å². The second-order valence-electron chi connectivity index (χ2n) is 3.72. The van der Waals surface area contributed by atoms with Crippen LogP contribution in [0.4, 0.5) is 5.82 Å². The molecule has 0 atom stereocenters. The minimum absolute atomic E-state index is 0.137. The largest absolute Gasteiger partial charge is 0.351 e. The Morgan fingerprint density at radius 3 is 3.05 bits per heavy atom. The average molecular weight is 256 g/mol. The zero-order chi connectivity index (χ0) is 13.7. The number of carbonyl (C=O) groups excluding carboxylic acids is 1. The van der Waals surface area contributed by atoms with Gasteiger partial charge in [-0.05, 0) is 19.1 Å². The maximum atomic E-state index is 11.8. The van der Waals surface area contributed by atoms with Gasteiger partial charge in [-0.3, -0.25) is 4.79 Å². The number of nitrogens with two attached hydrogens (primary N) is 1. The predicted octanol–water partition coefficient (Wildman–Crippen LogP) is 0.941. The first-order chi connectivity index (χ1) is 9.19. The molecule has 0 aliphatic carbocycles. The molecular weight excluding hydrogens is 244 g/mol. The van der Waals surface area contributed by atoms with Crippen LogP contribution in [0.2, 0.25) is 0 Å². The molecule has 0 fully saturated rings. The lowest BCUT2D eigenvalue weighted by atomic mass is 10.2. The summed E-state index contributed by atoms with van der Waals surface area (Å²) < 4.78 is 4.86. The fourth-order valence-corrected chi connectivity index (χ4v) is 1.38. The van der Waals surface area contributed by atoms with Crippen molar-refractivity contribution in [1.29, 1.82) is 0 Å². The molecule has 3 N–H and O–H groups in total. The van der Waals surface area contributed by atoms with Gasteiger partial charge in [-0.2, -0.15) is 0 Å². The Hall–Kier alpha value is -2.65. The normalized spacial score (nSPS) is 9.58. The van der Waals surface area contributed by atoms with Crippen LogP contribution in [0.25, 0.3) is 0 Å². The summed E-state index contributed by atoms with van der Waals surface area (Å²) in [7, 11) is 0. The van der Waals surface area contributed by atoms with E-state index in [9.17, 15) is 4.79 Å². The van der Waals surface area contributed by atoms with Gasteiger partial charge in [-0.25, -0.2) is 4.98 Å². The molecule has 0 saturated heterocycles. The van der Waals surface area contributed by atoms with Gasteiger partial charge in [0.2, 0.25) is 5.76 Å². The Balaban J connectivity index is 2.13. The second kappa shape index (κ2) is 5.80. The lowest BCUT2D eigenvalue weighted by Crippen LogP contribution is -2.12. The van der Waals surface area contributed by atoms with Crippen molar-refractivity contribution >= 4 is 11.7 Å². The van der Waals surface area contributed by atoms with Crippen LogP contribution >= 0.6 is 0 Å². The number of hydrogen-bond acceptors (Lipinski definition) is 5. The molecule has 1 amide bonds. The van der Waals surface area contributed by atoms with Crippen molar-refractivity contribution in [3.63, 3.8) is 0 Å². The fourth-order valence-electron chi connectivity index (χ4n) is 1.38. The molecule has 2 rings (SSSR count). The number of amides is 1. The van der Waals surface area contributed by atoms with Crippen LogP contribution in [0.15, 0.2) is 28.9 Å². The first kappa shape index (κ1) is 12.8. The van der Waals surface area contributed by atoms with E-state index in [0.717, 1.165) is 5.56 Å². The Bertz CT molecular complexity index is 652. The summed E-state index contributed by atoms with van der Waals surface area (Å²) in [4.78, 5) is 15.8. The smallest absolute Gasteiger partial charge is 0.295 e. The van der Waals surface area contributed by atoms with Crippen LogP contribution < -0.4 is 11.1 Å². The third-order valence-electron chi connectivity index (χ3n) is 2.19. The van der Waals surface area contributed by atoms with Crippen molar-refractivity contribution in [2.24, 2.45) is 5.73 Å². The third kappa shape index (κ3) is 3.40. The van der Waals surface area contributed by atoms with Crippen molar-refractivity contribution in [2.45, 2.75) is 6.92 Å². The van der Waals surface area contributed by atoms with E-state index in [0.29, 0.717) is 11.5 Å². The van der Waals surface area contributed by atoms with Crippen molar-refractivity contribution in [1.82, 2.24) is 10.1 Å². The molecule has 6 heteroatoms. The second-order valence-corrected chi connectivity index (χ2v) is 3.72. The first-order valence-electron chi connectivity index (χ1n) is 5.58. The van der Waals surface area contributed by atoms with Crippen LogP contribution in [-0.2, 0) is 0 Å². The molecule has 96 valence electrons. The molecule has 0 bridgehead atoms. The Morgan fingerprint density at radius 2 is 2.37 bits per heavy atom. The van der Waals surface area contributed by atoms with Gasteiger partial charge in [0.05, 0.1) is 12.2 Å². The zero-order valence-electron chi connectivity index (χ0n) is 10.3. The summed E-state index contributed by atoms with van der Waals surface area (Å²) in [6.07, 6.45) is 1.56. The summed E-state index contributed by atoms with van der Waals surface area (Å²) in [6.45, 7) is 2.02. The first-order valence-corrected chi connectivity index (χ1v) is 5.58. The van der Waals surface area contributed by atoms with Gasteiger partial charge in [0, 0.05) is 17.8 Å². The number of pyridine rings is 1. The van der Waals surface area contributed by atoms with Crippen molar-refractivity contribution in [2.75, 3.05) is 11.9 Å². The molecule has 6 nitrogen and oxygen atoms in total. The van der Waals surface area contributed by atoms with E-state index in [-0.39, 0.29) is 12.3 Å². The number of carbonyl (C=O) groups is 1. The van der Waals surface area contributed by atoms with Gasteiger partial charge in [0.1, 0.15) is 5.82 Å². The SMILES string of the molecule is Cc1cc(C(=O)Nc2cc(C#CCN)ccn2)on1. The number of hydrogen-bond donors (Lipinski definition) is 2. The van der Waals surface area contributed by atoms with Crippen LogP contribution in [0.5, 0.6) is 0 Å². The lowest BCUT2D eigenvalue weighted by Gasteiger charge is -2.01. The number of nitrogens with zero attached hydrogens (tertiary/aromatic N) is 2. The van der Waals surface area contributed by atoms with E-state index in [1.54, 1.807) is 31.3 Å². The molecule has 2 heterocycles. The maximum absolute atomic E-state index is 11.8. The molecule has 0 aliphatic rings. The summed E-state index contributed by atoms with van der Waals surface area (Å²) in [5.41, 5.74) is 6.66. The fraction of sp³-hybridized carbons (Fsp3) is 0.154. The minimum atomic E-state index is -0.406. The van der Waals surface area contributed by atoms with Gasteiger partial charge in [0.15, 0.2) is 0 Å². The molecule has 0 unspecified atom stereocenters. The molecule has 2 aromatic heterocycles. The molecule has 0 spiro atoms. The predicted molar refractivity (Wildman–Crippen MR) is 69.4 cm³/mol. The van der Waals surface area contributed by atoms with E-state index in [4.69, 9.17) is 10.3 Å². The van der Waals surface area contributed by atoms with Crippen LogP contribution in [0.1, 0.15) is 21.8 Å². The summed E-state index contributed by atoms with van der Waals surface area (Å²) >= 11 is 0.